The molecule has 3 rings (SSSR count). The molecule has 1 amide bonds. The maximum Gasteiger partial charge on any atom is 0.414 e. The number of rotatable bonds is 2. The lowest BCUT2D eigenvalue weighted by Gasteiger charge is -2.26. The van der Waals surface area contributed by atoms with Crippen LogP contribution in [-0.4, -0.2) is 28.3 Å². The third-order valence-corrected chi connectivity index (χ3v) is 4.49. The van der Waals surface area contributed by atoms with Crippen molar-refractivity contribution in [2.75, 3.05) is 11.4 Å². The molecule has 0 spiro atoms. The van der Waals surface area contributed by atoms with Crippen molar-refractivity contribution in [2.24, 2.45) is 0 Å². The molecular weight excluding hydrogens is 328 g/mol. The Labute approximate surface area is 154 Å². The fraction of sp³-hybridized carbons (Fsp3) is 0.429. The second-order valence-electron chi connectivity index (χ2n) is 8.39. The summed E-state index contributed by atoms with van der Waals surface area (Å²) in [6, 6.07) is 11.2. The molecule has 2 heterocycles. The van der Waals surface area contributed by atoms with E-state index in [-0.39, 0.29) is 11.5 Å². The molecule has 1 aromatic carbocycles. The predicted octanol–water partition coefficient (Wildman–Crippen LogP) is 4.20. The van der Waals surface area contributed by atoms with E-state index in [9.17, 15) is 9.90 Å². The van der Waals surface area contributed by atoms with Crippen molar-refractivity contribution in [1.29, 1.82) is 0 Å². The van der Waals surface area contributed by atoms with Gasteiger partial charge in [-0.15, -0.1) is 0 Å². The lowest BCUT2D eigenvalue weighted by Crippen LogP contribution is -2.38. The highest BCUT2D eigenvalue weighted by Gasteiger charge is 2.40. The van der Waals surface area contributed by atoms with Crippen molar-refractivity contribution < 1.29 is 14.6 Å². The molecule has 5 heteroatoms. The molecule has 1 aliphatic rings. The number of aliphatic hydroxyl groups is 1. The maximum atomic E-state index is 12.7. The average molecular weight is 354 g/mol. The van der Waals surface area contributed by atoms with Crippen LogP contribution in [0.15, 0.2) is 42.6 Å². The lowest BCUT2D eigenvalue weighted by atomic mass is 9.88. The van der Waals surface area contributed by atoms with Gasteiger partial charge in [-0.25, -0.2) is 4.79 Å². The van der Waals surface area contributed by atoms with Gasteiger partial charge >= 0.3 is 6.09 Å². The van der Waals surface area contributed by atoms with Gasteiger partial charge in [-0.3, -0.25) is 9.88 Å². The number of nitrogens with zero attached hydrogens (tertiary/aromatic N) is 2. The number of amides is 1. The van der Waals surface area contributed by atoms with E-state index in [4.69, 9.17) is 4.74 Å². The molecule has 0 saturated carbocycles. The van der Waals surface area contributed by atoms with Gasteiger partial charge in [0, 0.05) is 23.7 Å². The number of carbonyl (C=O) groups is 1. The zero-order valence-electron chi connectivity index (χ0n) is 16.0. The summed E-state index contributed by atoms with van der Waals surface area (Å²) in [5.41, 5.74) is 2.22. The average Bonchev–Trinajstić information content (AvgIpc) is 2.84. The first-order valence-corrected chi connectivity index (χ1v) is 8.82. The minimum absolute atomic E-state index is 0.227. The van der Waals surface area contributed by atoms with E-state index in [0.717, 1.165) is 16.8 Å². The quantitative estimate of drug-likeness (QED) is 0.878. The molecule has 1 unspecified atom stereocenters. The molecule has 1 N–H and O–H groups in total. The van der Waals surface area contributed by atoms with Crippen LogP contribution in [0.25, 0.3) is 0 Å². The summed E-state index contributed by atoms with van der Waals surface area (Å²) in [6.07, 6.45) is 0.544. The highest BCUT2D eigenvalue weighted by Crippen LogP contribution is 2.41. The molecule has 0 radical (unpaired) electrons. The summed E-state index contributed by atoms with van der Waals surface area (Å²) >= 11 is 0. The van der Waals surface area contributed by atoms with E-state index >= 15 is 0 Å². The minimum atomic E-state index is -0.842. The smallest absolute Gasteiger partial charge is 0.414 e. The number of anilines is 1. The Bertz CT molecular complexity index is 810. The first-order chi connectivity index (χ1) is 12.1. The molecule has 0 bridgehead atoms. The first kappa shape index (κ1) is 18.4. The third kappa shape index (κ3) is 3.58. The van der Waals surface area contributed by atoms with Crippen molar-refractivity contribution >= 4 is 11.8 Å². The van der Waals surface area contributed by atoms with Gasteiger partial charge in [-0.2, -0.15) is 0 Å². The fourth-order valence-corrected chi connectivity index (χ4v) is 3.21. The van der Waals surface area contributed by atoms with Crippen LogP contribution in [0.4, 0.5) is 10.5 Å². The van der Waals surface area contributed by atoms with Gasteiger partial charge in [-0.1, -0.05) is 44.2 Å². The van der Waals surface area contributed by atoms with E-state index in [0.29, 0.717) is 12.2 Å². The van der Waals surface area contributed by atoms with E-state index in [1.165, 1.54) is 0 Å². The van der Waals surface area contributed by atoms with Crippen LogP contribution in [0.2, 0.25) is 0 Å². The summed E-state index contributed by atoms with van der Waals surface area (Å²) in [4.78, 5) is 18.8. The second kappa shape index (κ2) is 6.40. The standard InChI is InChI=1S/C21H26N2O3/c1-20(2,3)26-19(25)23-13-21(4,5)15-12-22-16(11-17(15)23)18(24)14-9-7-6-8-10-14/h6-12,18,24H,13H2,1-5H3. The highest BCUT2D eigenvalue weighted by atomic mass is 16.6. The van der Waals surface area contributed by atoms with Crippen molar-refractivity contribution in [3.05, 3.63) is 59.4 Å². The molecule has 138 valence electrons. The normalized spacial score (nSPS) is 16.9. The Hall–Kier alpha value is -2.40. The van der Waals surface area contributed by atoms with Gasteiger partial charge in [0.2, 0.25) is 0 Å². The second-order valence-corrected chi connectivity index (χ2v) is 8.39. The number of hydrogen-bond donors (Lipinski definition) is 1. The predicted molar refractivity (Wildman–Crippen MR) is 101 cm³/mol. The van der Waals surface area contributed by atoms with Gasteiger partial charge in [0.1, 0.15) is 11.7 Å². The molecule has 5 nitrogen and oxygen atoms in total. The number of carbonyl (C=O) groups excluding carboxylic acids is 1. The summed E-state index contributed by atoms with van der Waals surface area (Å²) in [6.45, 7) is 10.2. The molecule has 26 heavy (non-hydrogen) atoms. The topological polar surface area (TPSA) is 62.7 Å². The Morgan fingerprint density at radius 3 is 2.54 bits per heavy atom. The van der Waals surface area contributed by atoms with Crippen LogP contribution < -0.4 is 4.90 Å². The van der Waals surface area contributed by atoms with Crippen LogP contribution in [0.5, 0.6) is 0 Å². The zero-order valence-corrected chi connectivity index (χ0v) is 16.0. The number of hydrogen-bond acceptors (Lipinski definition) is 4. The Morgan fingerprint density at radius 1 is 1.27 bits per heavy atom. The summed E-state index contributed by atoms with van der Waals surface area (Å²) in [5.74, 6) is 0. The van der Waals surface area contributed by atoms with E-state index in [2.05, 4.69) is 18.8 Å². The Morgan fingerprint density at radius 2 is 1.92 bits per heavy atom. The monoisotopic (exact) mass is 354 g/mol. The summed E-state index contributed by atoms with van der Waals surface area (Å²) in [5, 5.41) is 10.7. The van der Waals surface area contributed by atoms with Crippen molar-refractivity contribution in [3.8, 4) is 0 Å². The van der Waals surface area contributed by atoms with Gasteiger partial charge in [0.25, 0.3) is 0 Å². The largest absolute Gasteiger partial charge is 0.443 e. The fourth-order valence-electron chi connectivity index (χ4n) is 3.21. The van der Waals surface area contributed by atoms with Crippen molar-refractivity contribution in [1.82, 2.24) is 4.98 Å². The van der Waals surface area contributed by atoms with E-state index in [1.807, 2.05) is 51.1 Å². The number of aromatic nitrogens is 1. The Balaban J connectivity index is 1.98. The molecule has 0 saturated heterocycles. The van der Waals surface area contributed by atoms with Crippen LogP contribution in [0.1, 0.15) is 57.5 Å². The Kier molecular flexibility index (Phi) is 4.53. The maximum absolute atomic E-state index is 12.7. The number of benzene rings is 1. The molecule has 2 aromatic rings. The minimum Gasteiger partial charge on any atom is -0.443 e. The van der Waals surface area contributed by atoms with Gasteiger partial charge in [0.15, 0.2) is 0 Å². The van der Waals surface area contributed by atoms with Crippen molar-refractivity contribution in [2.45, 2.75) is 51.7 Å². The van der Waals surface area contributed by atoms with Gasteiger partial charge in [0.05, 0.1) is 11.4 Å². The lowest BCUT2D eigenvalue weighted by molar-refractivity contribution is 0.0579. The number of pyridine rings is 1. The van der Waals surface area contributed by atoms with E-state index < -0.39 is 11.7 Å². The number of ether oxygens (including phenoxy) is 1. The molecule has 1 aromatic heterocycles. The van der Waals surface area contributed by atoms with Gasteiger partial charge < -0.3 is 9.84 Å². The van der Waals surface area contributed by atoms with Crippen LogP contribution in [0, 0.1) is 0 Å². The number of fused-ring (bicyclic) bond motifs is 1. The van der Waals surface area contributed by atoms with Crippen LogP contribution in [-0.2, 0) is 10.2 Å². The van der Waals surface area contributed by atoms with E-state index in [1.54, 1.807) is 17.2 Å². The summed E-state index contributed by atoms with van der Waals surface area (Å²) < 4.78 is 5.56. The molecule has 0 fully saturated rings. The molecule has 1 atom stereocenters. The zero-order chi connectivity index (χ0) is 19.1. The summed E-state index contributed by atoms with van der Waals surface area (Å²) in [7, 11) is 0. The first-order valence-electron chi connectivity index (χ1n) is 8.82. The van der Waals surface area contributed by atoms with Crippen molar-refractivity contribution in [3.63, 3.8) is 0 Å². The highest BCUT2D eigenvalue weighted by molar-refractivity contribution is 5.91. The number of aliphatic hydroxyl groups excluding tert-OH is 1. The van der Waals surface area contributed by atoms with Crippen LogP contribution in [0.3, 0.4) is 0 Å². The van der Waals surface area contributed by atoms with Crippen LogP contribution >= 0.6 is 0 Å². The SMILES string of the molecule is CC(C)(C)OC(=O)N1CC(C)(C)c2cnc(C(O)c3ccccc3)cc21. The van der Waals surface area contributed by atoms with Gasteiger partial charge in [-0.05, 0) is 32.4 Å². The molecule has 0 aliphatic carbocycles. The third-order valence-electron chi connectivity index (χ3n) is 4.49. The molecule has 1 aliphatic heterocycles. The molecular formula is C21H26N2O3.